The molecule has 7 nitrogen and oxygen atoms in total. The third-order valence-electron chi connectivity index (χ3n) is 6.54. The molecule has 0 bridgehead atoms. The van der Waals surface area contributed by atoms with E-state index in [4.69, 9.17) is 0 Å². The average molecular weight is 438 g/mol. The fourth-order valence-electron chi connectivity index (χ4n) is 5.10. The average Bonchev–Trinajstić information content (AvgIpc) is 3.46. The number of hydrogen-bond donors (Lipinski definition) is 2. The van der Waals surface area contributed by atoms with Crippen molar-refractivity contribution in [3.63, 3.8) is 0 Å². The molecule has 0 radical (unpaired) electrons. The van der Waals surface area contributed by atoms with Crippen molar-refractivity contribution in [2.75, 3.05) is 18.1 Å². The van der Waals surface area contributed by atoms with Gasteiger partial charge in [0.2, 0.25) is 0 Å². The van der Waals surface area contributed by atoms with Crippen LogP contribution in [0.5, 0.6) is 0 Å². The first-order chi connectivity index (χ1) is 16.2. The van der Waals surface area contributed by atoms with Gasteiger partial charge in [-0.25, -0.2) is 0 Å². The van der Waals surface area contributed by atoms with E-state index in [1.165, 1.54) is 5.56 Å². The zero-order valence-electron chi connectivity index (χ0n) is 17.9. The Balaban J connectivity index is 1.58. The molecular weight excluding hydrogens is 416 g/mol. The quantitative estimate of drug-likeness (QED) is 0.600. The molecule has 4 heterocycles. The summed E-state index contributed by atoms with van der Waals surface area (Å²) >= 11 is 0. The number of carbonyl (C=O) groups excluding carboxylic acids is 2. The van der Waals surface area contributed by atoms with Crippen molar-refractivity contribution in [1.29, 1.82) is 0 Å². The minimum absolute atomic E-state index is 0.108. The SMILES string of the molecule is O=C1NC(=O)C(c2cccc3c2ccn3CCCO)=C1C1=NC=CN2CCc3cccc1c32. The van der Waals surface area contributed by atoms with Crippen LogP contribution in [0.4, 0.5) is 5.69 Å². The number of benzene rings is 2. The maximum Gasteiger partial charge on any atom is 0.261 e. The number of nitrogens with zero attached hydrogens (tertiary/aromatic N) is 3. The molecule has 0 aliphatic carbocycles. The minimum atomic E-state index is -0.428. The number of aliphatic hydroxyl groups excluding tert-OH is 1. The highest BCUT2D eigenvalue weighted by Crippen LogP contribution is 2.38. The van der Waals surface area contributed by atoms with E-state index >= 15 is 0 Å². The second-order valence-corrected chi connectivity index (χ2v) is 8.39. The van der Waals surface area contributed by atoms with Crippen molar-refractivity contribution >= 4 is 39.7 Å². The fraction of sp³-hybridized carbons (Fsp3) is 0.192. The van der Waals surface area contributed by atoms with Gasteiger partial charge in [-0.2, -0.15) is 0 Å². The Bertz CT molecular complexity index is 1430. The van der Waals surface area contributed by atoms with Crippen molar-refractivity contribution < 1.29 is 14.7 Å². The molecule has 2 aromatic carbocycles. The molecule has 0 fully saturated rings. The predicted octanol–water partition coefficient (Wildman–Crippen LogP) is 2.77. The summed E-state index contributed by atoms with van der Waals surface area (Å²) in [5.41, 5.74) is 5.95. The number of aromatic nitrogens is 1. The summed E-state index contributed by atoms with van der Waals surface area (Å²) in [6, 6.07) is 13.8. The van der Waals surface area contributed by atoms with Gasteiger partial charge in [-0.05, 0) is 36.1 Å². The molecule has 7 heteroatoms. The second-order valence-electron chi connectivity index (χ2n) is 8.39. The van der Waals surface area contributed by atoms with Crippen LogP contribution in [0.1, 0.15) is 23.1 Å². The van der Waals surface area contributed by atoms with Crippen molar-refractivity contribution in [2.24, 2.45) is 4.99 Å². The molecule has 3 aliphatic heterocycles. The second kappa shape index (κ2) is 7.56. The number of carbonyl (C=O) groups is 2. The number of aliphatic imine (C=N–C) groups is 1. The lowest BCUT2D eigenvalue weighted by Crippen LogP contribution is -2.25. The van der Waals surface area contributed by atoms with Gasteiger partial charge in [-0.1, -0.05) is 30.3 Å². The molecule has 33 heavy (non-hydrogen) atoms. The van der Waals surface area contributed by atoms with E-state index in [0.717, 1.165) is 35.1 Å². The van der Waals surface area contributed by atoms with E-state index in [-0.39, 0.29) is 6.61 Å². The topological polar surface area (TPSA) is 86.9 Å². The molecule has 164 valence electrons. The lowest BCUT2D eigenvalue weighted by Gasteiger charge is -2.17. The van der Waals surface area contributed by atoms with Crippen LogP contribution < -0.4 is 10.2 Å². The normalized spacial score (nSPS) is 17.0. The van der Waals surface area contributed by atoms with Crippen LogP contribution in [0.15, 0.2) is 71.6 Å². The molecular formula is C26H22N4O3. The summed E-state index contributed by atoms with van der Waals surface area (Å²) < 4.78 is 2.05. The van der Waals surface area contributed by atoms with Crippen LogP contribution in [0.3, 0.4) is 0 Å². The molecule has 1 aromatic heterocycles. The standard InChI is InChI=1S/C26H22N4O3/c31-15-3-11-29-13-9-17-18(5-2-7-20(17)29)21-22(26(33)28-25(21)32)23-19-6-1-4-16-8-12-30(24(16)19)14-10-27-23/h1-2,4-7,9-10,13-14,31H,3,8,11-12,15H2,(H,28,32,33). The Hall–Kier alpha value is -3.97. The molecule has 6 rings (SSSR count). The van der Waals surface area contributed by atoms with Crippen molar-refractivity contribution in [2.45, 2.75) is 19.4 Å². The summed E-state index contributed by atoms with van der Waals surface area (Å²) in [6.07, 6.45) is 7.15. The predicted molar refractivity (Wildman–Crippen MR) is 127 cm³/mol. The van der Waals surface area contributed by atoms with E-state index < -0.39 is 11.8 Å². The minimum Gasteiger partial charge on any atom is -0.396 e. The number of imide groups is 1. The van der Waals surface area contributed by atoms with E-state index in [0.29, 0.717) is 35.4 Å². The van der Waals surface area contributed by atoms with Gasteiger partial charge in [0.15, 0.2) is 0 Å². The third-order valence-corrected chi connectivity index (χ3v) is 6.54. The molecule has 0 spiro atoms. The number of fused-ring (bicyclic) bond motifs is 1. The van der Waals surface area contributed by atoms with Gasteiger partial charge < -0.3 is 14.6 Å². The summed E-state index contributed by atoms with van der Waals surface area (Å²) in [5.74, 6) is -0.839. The number of amides is 2. The smallest absolute Gasteiger partial charge is 0.261 e. The maximum absolute atomic E-state index is 13.1. The number of para-hydroxylation sites is 1. The Morgan fingerprint density at radius 2 is 1.82 bits per heavy atom. The van der Waals surface area contributed by atoms with Gasteiger partial charge in [-0.3, -0.25) is 19.9 Å². The maximum atomic E-state index is 13.1. The molecule has 2 N–H and O–H groups in total. The van der Waals surface area contributed by atoms with Gasteiger partial charge in [0.25, 0.3) is 11.8 Å². The zero-order valence-corrected chi connectivity index (χ0v) is 17.9. The van der Waals surface area contributed by atoms with Crippen molar-refractivity contribution in [3.8, 4) is 0 Å². The fourth-order valence-corrected chi connectivity index (χ4v) is 5.10. The van der Waals surface area contributed by atoms with E-state index in [1.54, 1.807) is 6.20 Å². The number of aliphatic hydroxyl groups is 1. The van der Waals surface area contributed by atoms with E-state index in [9.17, 15) is 14.7 Å². The van der Waals surface area contributed by atoms with Gasteiger partial charge in [-0.15, -0.1) is 0 Å². The Labute approximate surface area is 190 Å². The van der Waals surface area contributed by atoms with E-state index in [2.05, 4.69) is 25.8 Å². The van der Waals surface area contributed by atoms with Crippen LogP contribution >= 0.6 is 0 Å². The summed E-state index contributed by atoms with van der Waals surface area (Å²) in [5, 5.41) is 12.6. The Kier molecular flexibility index (Phi) is 4.52. The monoisotopic (exact) mass is 438 g/mol. The summed E-state index contributed by atoms with van der Waals surface area (Å²) in [7, 11) is 0. The first-order valence-corrected chi connectivity index (χ1v) is 11.1. The number of hydrogen-bond acceptors (Lipinski definition) is 5. The molecule has 2 amide bonds. The largest absolute Gasteiger partial charge is 0.396 e. The first kappa shape index (κ1) is 19.7. The number of aryl methyl sites for hydroxylation is 1. The summed E-state index contributed by atoms with van der Waals surface area (Å²) in [6.45, 7) is 1.64. The van der Waals surface area contributed by atoms with Crippen LogP contribution in [0.2, 0.25) is 0 Å². The van der Waals surface area contributed by atoms with Crippen LogP contribution in [0.25, 0.3) is 16.5 Å². The van der Waals surface area contributed by atoms with Crippen molar-refractivity contribution in [1.82, 2.24) is 9.88 Å². The molecule has 0 atom stereocenters. The lowest BCUT2D eigenvalue weighted by molar-refractivity contribution is -0.123. The van der Waals surface area contributed by atoms with Crippen molar-refractivity contribution in [3.05, 3.63) is 83.3 Å². The molecule has 3 aliphatic rings. The molecule has 0 unspecified atom stereocenters. The zero-order chi connectivity index (χ0) is 22.5. The Morgan fingerprint density at radius 3 is 2.70 bits per heavy atom. The van der Waals surface area contributed by atoms with Gasteiger partial charge in [0.1, 0.15) is 0 Å². The molecule has 0 saturated carbocycles. The third kappa shape index (κ3) is 2.97. The lowest BCUT2D eigenvalue weighted by atomic mass is 9.91. The van der Waals surface area contributed by atoms with Gasteiger partial charge in [0.05, 0.1) is 22.5 Å². The van der Waals surface area contributed by atoms with Crippen LogP contribution in [-0.4, -0.2) is 40.4 Å². The van der Waals surface area contributed by atoms with E-state index in [1.807, 2.05) is 48.8 Å². The highest BCUT2D eigenvalue weighted by molar-refractivity contribution is 6.48. The Morgan fingerprint density at radius 1 is 1.00 bits per heavy atom. The van der Waals surface area contributed by atoms with Gasteiger partial charge in [0, 0.05) is 54.8 Å². The number of anilines is 1. The highest BCUT2D eigenvalue weighted by Gasteiger charge is 2.37. The number of nitrogens with one attached hydrogen (secondary N) is 1. The van der Waals surface area contributed by atoms with Crippen LogP contribution in [0, 0.1) is 0 Å². The molecule has 3 aromatic rings. The highest BCUT2D eigenvalue weighted by atomic mass is 16.3. The number of rotatable bonds is 5. The van der Waals surface area contributed by atoms with Gasteiger partial charge >= 0.3 is 0 Å². The molecule has 0 saturated heterocycles. The van der Waals surface area contributed by atoms with Crippen LogP contribution in [-0.2, 0) is 22.6 Å². The first-order valence-electron chi connectivity index (χ1n) is 11.1. The summed E-state index contributed by atoms with van der Waals surface area (Å²) in [4.78, 5) is 33.0.